The lowest BCUT2D eigenvalue weighted by molar-refractivity contribution is -0.0595. The van der Waals surface area contributed by atoms with Crippen molar-refractivity contribution < 1.29 is 5.11 Å². The van der Waals surface area contributed by atoms with Crippen molar-refractivity contribution in [3.8, 4) is 0 Å². The first-order valence-corrected chi connectivity index (χ1v) is 9.21. The Morgan fingerprint density at radius 2 is 1.57 bits per heavy atom. The van der Waals surface area contributed by atoms with E-state index < -0.39 is 5.60 Å². The van der Waals surface area contributed by atoms with Crippen LogP contribution in [0, 0.1) is 0 Å². The Labute approximate surface area is 146 Å². The van der Waals surface area contributed by atoms with Crippen molar-refractivity contribution >= 4 is 15.9 Å². The zero-order chi connectivity index (χ0) is 15.9. The van der Waals surface area contributed by atoms with Gasteiger partial charge in [0, 0.05) is 23.1 Å². The summed E-state index contributed by atoms with van der Waals surface area (Å²) in [5.74, 6) is 0. The highest BCUT2D eigenvalue weighted by Gasteiger charge is 2.47. The van der Waals surface area contributed by atoms with Crippen LogP contribution in [0.5, 0.6) is 0 Å². The van der Waals surface area contributed by atoms with Crippen LogP contribution < -0.4 is 0 Å². The van der Waals surface area contributed by atoms with Gasteiger partial charge in [0.2, 0.25) is 0 Å². The SMILES string of the molecule is OC1(c2ccc(Br)cc2)C[C@H]2CC[C@@H](C1)N2Cc1ccccc1. The van der Waals surface area contributed by atoms with Crippen LogP contribution in [-0.4, -0.2) is 22.1 Å². The fourth-order valence-electron chi connectivity index (χ4n) is 4.36. The molecule has 0 aromatic heterocycles. The van der Waals surface area contributed by atoms with Crippen molar-refractivity contribution in [2.75, 3.05) is 0 Å². The third kappa shape index (κ3) is 2.98. The Hall–Kier alpha value is -1.16. The lowest BCUT2D eigenvalue weighted by atomic mass is 9.80. The van der Waals surface area contributed by atoms with Gasteiger partial charge in [-0.15, -0.1) is 0 Å². The second-order valence-electron chi connectivity index (χ2n) is 6.99. The monoisotopic (exact) mass is 371 g/mol. The van der Waals surface area contributed by atoms with E-state index in [1.165, 1.54) is 18.4 Å². The Balaban J connectivity index is 1.54. The van der Waals surface area contributed by atoms with Gasteiger partial charge in [-0.05, 0) is 48.9 Å². The van der Waals surface area contributed by atoms with Gasteiger partial charge in [0.05, 0.1) is 5.60 Å². The maximum atomic E-state index is 11.3. The van der Waals surface area contributed by atoms with Gasteiger partial charge in [-0.3, -0.25) is 4.90 Å². The molecule has 2 aromatic carbocycles. The molecule has 0 amide bonds. The number of hydrogen-bond acceptors (Lipinski definition) is 2. The molecule has 2 aliphatic heterocycles. The van der Waals surface area contributed by atoms with Crippen LogP contribution >= 0.6 is 15.9 Å². The molecule has 2 aliphatic rings. The predicted molar refractivity (Wildman–Crippen MR) is 96.1 cm³/mol. The maximum absolute atomic E-state index is 11.3. The van der Waals surface area contributed by atoms with Gasteiger partial charge in [-0.25, -0.2) is 0 Å². The molecule has 3 heteroatoms. The molecule has 2 nitrogen and oxygen atoms in total. The molecule has 120 valence electrons. The Bertz CT molecular complexity index is 656. The molecule has 0 aliphatic carbocycles. The summed E-state index contributed by atoms with van der Waals surface area (Å²) in [6, 6.07) is 19.9. The minimum absolute atomic E-state index is 0.489. The number of fused-ring (bicyclic) bond motifs is 2. The van der Waals surface area contributed by atoms with Crippen LogP contribution in [0.1, 0.15) is 36.8 Å². The summed E-state index contributed by atoms with van der Waals surface area (Å²) < 4.78 is 1.06. The van der Waals surface area contributed by atoms with Gasteiger partial charge in [-0.1, -0.05) is 58.4 Å². The van der Waals surface area contributed by atoms with Crippen LogP contribution in [0.25, 0.3) is 0 Å². The van der Waals surface area contributed by atoms with E-state index >= 15 is 0 Å². The van der Waals surface area contributed by atoms with Crippen LogP contribution in [0.4, 0.5) is 0 Å². The van der Waals surface area contributed by atoms with Crippen molar-refractivity contribution in [2.45, 2.75) is 49.9 Å². The molecule has 1 unspecified atom stereocenters. The molecule has 2 heterocycles. The average Bonchev–Trinajstić information content (AvgIpc) is 2.80. The van der Waals surface area contributed by atoms with Gasteiger partial charge in [0.25, 0.3) is 0 Å². The minimum Gasteiger partial charge on any atom is -0.385 e. The summed E-state index contributed by atoms with van der Waals surface area (Å²) in [7, 11) is 0. The first kappa shape index (κ1) is 15.4. The van der Waals surface area contributed by atoms with Crippen LogP contribution in [0.15, 0.2) is 59.1 Å². The van der Waals surface area contributed by atoms with E-state index in [0.29, 0.717) is 12.1 Å². The third-order valence-electron chi connectivity index (χ3n) is 5.51. The predicted octanol–water partition coefficient (Wildman–Crippen LogP) is 4.46. The molecular formula is C20H22BrNO. The topological polar surface area (TPSA) is 23.5 Å². The molecule has 0 spiro atoms. The second-order valence-corrected chi connectivity index (χ2v) is 7.91. The van der Waals surface area contributed by atoms with E-state index in [1.54, 1.807) is 0 Å². The van der Waals surface area contributed by atoms with Crippen LogP contribution in [0.2, 0.25) is 0 Å². The molecule has 2 saturated heterocycles. The van der Waals surface area contributed by atoms with E-state index in [2.05, 4.69) is 63.3 Å². The molecule has 23 heavy (non-hydrogen) atoms. The van der Waals surface area contributed by atoms with Gasteiger partial charge in [-0.2, -0.15) is 0 Å². The van der Waals surface area contributed by atoms with E-state index in [4.69, 9.17) is 0 Å². The maximum Gasteiger partial charge on any atom is 0.0926 e. The number of benzene rings is 2. The molecule has 0 radical (unpaired) electrons. The number of nitrogens with zero attached hydrogens (tertiary/aromatic N) is 1. The van der Waals surface area contributed by atoms with E-state index in [1.807, 2.05) is 12.1 Å². The number of rotatable bonds is 3. The van der Waals surface area contributed by atoms with Gasteiger partial charge in [0.15, 0.2) is 0 Å². The lowest BCUT2D eigenvalue weighted by Crippen LogP contribution is -2.49. The Morgan fingerprint density at radius 1 is 0.957 bits per heavy atom. The highest BCUT2D eigenvalue weighted by Crippen LogP contribution is 2.46. The van der Waals surface area contributed by atoms with Gasteiger partial charge >= 0.3 is 0 Å². The second kappa shape index (κ2) is 6.04. The van der Waals surface area contributed by atoms with Crippen LogP contribution in [0.3, 0.4) is 0 Å². The number of hydrogen-bond donors (Lipinski definition) is 1. The van der Waals surface area contributed by atoms with Gasteiger partial charge in [0.1, 0.15) is 0 Å². The minimum atomic E-state index is -0.667. The standard InChI is InChI=1S/C20H22BrNO/c21-17-8-6-16(7-9-17)20(23)12-18-10-11-19(13-20)22(18)14-15-4-2-1-3-5-15/h1-9,18-19,23H,10-14H2/t18-,19+,20?. The highest BCUT2D eigenvalue weighted by atomic mass is 79.9. The Morgan fingerprint density at radius 3 is 2.17 bits per heavy atom. The molecule has 2 fully saturated rings. The molecule has 4 rings (SSSR count). The summed E-state index contributed by atoms with van der Waals surface area (Å²) in [6.07, 6.45) is 4.10. The molecule has 2 bridgehead atoms. The molecule has 2 aromatic rings. The molecule has 3 atom stereocenters. The Kier molecular flexibility index (Phi) is 4.04. The largest absolute Gasteiger partial charge is 0.385 e. The highest BCUT2D eigenvalue weighted by molar-refractivity contribution is 9.10. The zero-order valence-corrected chi connectivity index (χ0v) is 14.7. The molecular weight excluding hydrogens is 350 g/mol. The fourth-order valence-corrected chi connectivity index (χ4v) is 4.63. The summed E-state index contributed by atoms with van der Waals surface area (Å²) in [5.41, 5.74) is 1.77. The fraction of sp³-hybridized carbons (Fsp3) is 0.400. The van der Waals surface area contributed by atoms with Crippen LogP contribution in [-0.2, 0) is 12.1 Å². The summed E-state index contributed by atoms with van der Waals surface area (Å²) >= 11 is 3.48. The van der Waals surface area contributed by atoms with E-state index in [9.17, 15) is 5.11 Å². The first-order chi connectivity index (χ1) is 11.1. The number of aliphatic hydroxyl groups is 1. The average molecular weight is 372 g/mol. The quantitative estimate of drug-likeness (QED) is 0.860. The summed E-state index contributed by atoms with van der Waals surface area (Å²) in [5, 5.41) is 11.3. The number of piperidine rings is 1. The van der Waals surface area contributed by atoms with Gasteiger partial charge < -0.3 is 5.11 Å². The zero-order valence-electron chi connectivity index (χ0n) is 13.2. The van der Waals surface area contributed by atoms with E-state index in [-0.39, 0.29) is 0 Å². The normalized spacial score (nSPS) is 30.5. The summed E-state index contributed by atoms with van der Waals surface area (Å²) in [6.45, 7) is 1.01. The summed E-state index contributed by atoms with van der Waals surface area (Å²) in [4.78, 5) is 2.61. The van der Waals surface area contributed by atoms with Crippen molar-refractivity contribution in [2.24, 2.45) is 0 Å². The molecule has 1 N–H and O–H groups in total. The van der Waals surface area contributed by atoms with Crippen molar-refractivity contribution in [1.29, 1.82) is 0 Å². The smallest absolute Gasteiger partial charge is 0.0926 e. The first-order valence-electron chi connectivity index (χ1n) is 8.42. The molecule has 0 saturated carbocycles. The lowest BCUT2D eigenvalue weighted by Gasteiger charge is -2.44. The number of halogens is 1. The van der Waals surface area contributed by atoms with E-state index in [0.717, 1.165) is 29.4 Å². The van der Waals surface area contributed by atoms with Crippen molar-refractivity contribution in [3.05, 3.63) is 70.2 Å². The van der Waals surface area contributed by atoms with Crippen molar-refractivity contribution in [3.63, 3.8) is 0 Å². The van der Waals surface area contributed by atoms with Crippen molar-refractivity contribution in [1.82, 2.24) is 4.90 Å². The third-order valence-corrected chi connectivity index (χ3v) is 6.04.